The van der Waals surface area contributed by atoms with Gasteiger partial charge in [-0.2, -0.15) is 5.10 Å². The molecule has 0 aliphatic heterocycles. The second-order valence-corrected chi connectivity index (χ2v) is 5.80. The molecule has 1 fully saturated rings. The fourth-order valence-corrected chi connectivity index (χ4v) is 2.56. The zero-order chi connectivity index (χ0) is 16.4. The van der Waals surface area contributed by atoms with Crippen LogP contribution in [0.3, 0.4) is 0 Å². The van der Waals surface area contributed by atoms with Gasteiger partial charge in [-0.3, -0.25) is 5.10 Å². The van der Waals surface area contributed by atoms with Crippen molar-refractivity contribution >= 4 is 11.6 Å². The monoisotopic (exact) mass is 317 g/mol. The number of rotatable bonds is 4. The van der Waals surface area contributed by atoms with E-state index in [2.05, 4.69) is 37.3 Å². The van der Waals surface area contributed by atoms with Crippen LogP contribution >= 0.6 is 0 Å². The third-order valence-corrected chi connectivity index (χ3v) is 3.94. The number of aromatic nitrogens is 4. The molecule has 5 heteroatoms. The van der Waals surface area contributed by atoms with Crippen LogP contribution in [0.5, 0.6) is 0 Å². The van der Waals surface area contributed by atoms with E-state index < -0.39 is 0 Å². The molecule has 0 bridgehead atoms. The molecule has 1 aromatic carbocycles. The Morgan fingerprint density at radius 1 is 1.25 bits per heavy atom. The molecule has 0 radical (unpaired) electrons. The Morgan fingerprint density at radius 2 is 2.08 bits per heavy atom. The minimum atomic E-state index is 0. The minimum Gasteiger partial charge on any atom is -0.322 e. The first-order valence-corrected chi connectivity index (χ1v) is 8.01. The van der Waals surface area contributed by atoms with Crippen LogP contribution in [0.2, 0.25) is 0 Å². The number of hydrogen-bond acceptors (Lipinski definition) is 4. The second kappa shape index (κ2) is 6.17. The van der Waals surface area contributed by atoms with Crippen molar-refractivity contribution in [3.63, 3.8) is 0 Å². The lowest BCUT2D eigenvalue weighted by Crippen LogP contribution is -2.01. The van der Waals surface area contributed by atoms with Gasteiger partial charge in [0.2, 0.25) is 0 Å². The van der Waals surface area contributed by atoms with E-state index in [1.807, 2.05) is 36.4 Å². The van der Waals surface area contributed by atoms with Crippen LogP contribution in [0.4, 0.5) is 11.6 Å². The predicted octanol–water partition coefficient (Wildman–Crippen LogP) is 4.11. The van der Waals surface area contributed by atoms with Gasteiger partial charge in [0.05, 0.1) is 5.56 Å². The average Bonchev–Trinajstić information content (AvgIpc) is 3.37. The van der Waals surface area contributed by atoms with Crippen molar-refractivity contribution in [2.75, 3.05) is 5.32 Å². The first-order chi connectivity index (χ1) is 11.8. The van der Waals surface area contributed by atoms with E-state index in [1.54, 1.807) is 13.1 Å². The summed E-state index contributed by atoms with van der Waals surface area (Å²) in [4.78, 5) is 9.08. The Morgan fingerprint density at radius 3 is 2.83 bits per heavy atom. The Bertz CT molecular complexity index is 920. The van der Waals surface area contributed by atoms with Crippen molar-refractivity contribution in [3.05, 3.63) is 53.9 Å². The summed E-state index contributed by atoms with van der Waals surface area (Å²) >= 11 is 0. The van der Waals surface area contributed by atoms with Gasteiger partial charge in [-0.05, 0) is 19.8 Å². The van der Waals surface area contributed by atoms with E-state index in [-0.39, 0.29) is 1.43 Å². The van der Waals surface area contributed by atoms with Crippen LogP contribution in [0.25, 0.3) is 11.4 Å². The van der Waals surface area contributed by atoms with Crippen LogP contribution in [0, 0.1) is 11.8 Å². The van der Waals surface area contributed by atoms with Crippen LogP contribution in [-0.2, 0) is 0 Å². The van der Waals surface area contributed by atoms with Crippen molar-refractivity contribution in [2.45, 2.75) is 25.7 Å². The SMILES string of the molecule is CC#Cc1cnc(-c2ccccc2)nc1Nc1cc(C2CC2)[nH]n1.[HH]. The fourth-order valence-electron chi connectivity index (χ4n) is 2.56. The Balaban J connectivity index is 0.00000182. The lowest BCUT2D eigenvalue weighted by molar-refractivity contribution is 0.966. The van der Waals surface area contributed by atoms with Crippen molar-refractivity contribution in [3.8, 4) is 23.2 Å². The number of nitrogens with one attached hydrogen (secondary N) is 2. The highest BCUT2D eigenvalue weighted by Gasteiger charge is 2.25. The molecule has 0 amide bonds. The number of H-pyrrole nitrogens is 1. The van der Waals surface area contributed by atoms with Crippen molar-refractivity contribution in [1.82, 2.24) is 20.2 Å². The number of benzene rings is 1. The molecule has 2 heterocycles. The summed E-state index contributed by atoms with van der Waals surface area (Å²) in [5.41, 5.74) is 2.91. The lowest BCUT2D eigenvalue weighted by atomic mass is 10.2. The summed E-state index contributed by atoms with van der Waals surface area (Å²) in [6.45, 7) is 1.80. The zero-order valence-corrected chi connectivity index (χ0v) is 13.4. The molecule has 0 atom stereocenters. The Kier molecular flexibility index (Phi) is 3.72. The van der Waals surface area contributed by atoms with Gasteiger partial charge >= 0.3 is 0 Å². The van der Waals surface area contributed by atoms with E-state index in [0.717, 1.165) is 16.9 Å². The highest BCUT2D eigenvalue weighted by atomic mass is 15.2. The van der Waals surface area contributed by atoms with Crippen LogP contribution in [-0.4, -0.2) is 20.2 Å². The van der Waals surface area contributed by atoms with E-state index in [1.165, 1.54) is 18.5 Å². The lowest BCUT2D eigenvalue weighted by Gasteiger charge is -2.07. The maximum absolute atomic E-state index is 4.65. The molecule has 1 aliphatic rings. The molecule has 0 saturated heterocycles. The van der Waals surface area contributed by atoms with E-state index in [4.69, 9.17) is 0 Å². The first kappa shape index (κ1) is 14.5. The molecule has 2 N–H and O–H groups in total. The van der Waals surface area contributed by atoms with Gasteiger partial charge in [0.15, 0.2) is 17.5 Å². The van der Waals surface area contributed by atoms with E-state index >= 15 is 0 Å². The van der Waals surface area contributed by atoms with E-state index in [0.29, 0.717) is 17.6 Å². The summed E-state index contributed by atoms with van der Waals surface area (Å²) in [5, 5.41) is 10.7. The summed E-state index contributed by atoms with van der Waals surface area (Å²) in [5.74, 6) is 8.67. The van der Waals surface area contributed by atoms with Gasteiger partial charge in [0, 0.05) is 30.9 Å². The van der Waals surface area contributed by atoms with Gasteiger partial charge in [-0.1, -0.05) is 36.3 Å². The second-order valence-electron chi connectivity index (χ2n) is 5.80. The number of anilines is 2. The molecular formula is C19H19N5. The largest absolute Gasteiger partial charge is 0.322 e. The fraction of sp³-hybridized carbons (Fsp3) is 0.211. The number of aromatic amines is 1. The number of hydrogen-bond donors (Lipinski definition) is 2. The predicted molar refractivity (Wildman–Crippen MR) is 96.0 cm³/mol. The summed E-state index contributed by atoms with van der Waals surface area (Å²) in [7, 11) is 0. The smallest absolute Gasteiger partial charge is 0.161 e. The molecule has 4 rings (SSSR count). The minimum absolute atomic E-state index is 0. The molecule has 24 heavy (non-hydrogen) atoms. The Labute approximate surface area is 142 Å². The quantitative estimate of drug-likeness (QED) is 0.711. The molecule has 0 spiro atoms. The average molecular weight is 317 g/mol. The highest BCUT2D eigenvalue weighted by molar-refractivity contribution is 5.65. The standard InChI is InChI=1S/C19H17N5.H2/c1-2-6-15-12-20-18(14-7-4-3-5-8-14)22-19(15)21-17-11-16(23-24-17)13-9-10-13;/h3-5,7-8,11-13H,9-10H2,1H3,(H2,20,21,22,23,24);1H. The molecule has 3 aromatic rings. The maximum Gasteiger partial charge on any atom is 0.161 e. The van der Waals surface area contributed by atoms with Gasteiger partial charge in [-0.15, -0.1) is 5.92 Å². The first-order valence-electron chi connectivity index (χ1n) is 8.01. The van der Waals surface area contributed by atoms with Crippen LogP contribution in [0.15, 0.2) is 42.6 Å². The third-order valence-electron chi connectivity index (χ3n) is 3.94. The highest BCUT2D eigenvalue weighted by Crippen LogP contribution is 2.39. The normalized spacial score (nSPS) is 13.2. The van der Waals surface area contributed by atoms with Crippen LogP contribution < -0.4 is 5.32 Å². The topological polar surface area (TPSA) is 66.5 Å². The summed E-state index contributed by atoms with van der Waals surface area (Å²) < 4.78 is 0. The molecule has 1 saturated carbocycles. The van der Waals surface area contributed by atoms with Crippen molar-refractivity contribution in [1.29, 1.82) is 0 Å². The van der Waals surface area contributed by atoms with Crippen molar-refractivity contribution < 1.29 is 1.43 Å². The number of nitrogens with zero attached hydrogens (tertiary/aromatic N) is 3. The van der Waals surface area contributed by atoms with Gasteiger partial charge in [0.25, 0.3) is 0 Å². The summed E-state index contributed by atoms with van der Waals surface area (Å²) in [6, 6.07) is 11.9. The van der Waals surface area contributed by atoms with Crippen LogP contribution in [0.1, 0.15) is 38.4 Å². The van der Waals surface area contributed by atoms with Gasteiger partial charge in [0.1, 0.15) is 0 Å². The molecular weight excluding hydrogens is 298 g/mol. The molecule has 120 valence electrons. The van der Waals surface area contributed by atoms with Gasteiger partial charge < -0.3 is 5.32 Å². The van der Waals surface area contributed by atoms with Gasteiger partial charge in [-0.25, -0.2) is 9.97 Å². The van der Waals surface area contributed by atoms with E-state index in [9.17, 15) is 0 Å². The molecule has 5 nitrogen and oxygen atoms in total. The molecule has 1 aliphatic carbocycles. The Hall–Kier alpha value is -3.13. The summed E-state index contributed by atoms with van der Waals surface area (Å²) in [6.07, 6.45) is 4.22. The third kappa shape index (κ3) is 2.99. The van der Waals surface area contributed by atoms with Crippen molar-refractivity contribution in [2.24, 2.45) is 0 Å². The molecule has 2 aromatic heterocycles. The maximum atomic E-state index is 4.65. The zero-order valence-electron chi connectivity index (χ0n) is 13.4. The molecule has 0 unspecified atom stereocenters.